The summed E-state index contributed by atoms with van der Waals surface area (Å²) in [6, 6.07) is 25.9. The molecule has 6 nitrogen and oxygen atoms in total. The average molecular weight is 533 g/mol. The number of amides is 1. The van der Waals surface area contributed by atoms with Crippen molar-refractivity contribution in [2.45, 2.75) is 13.5 Å². The molecule has 1 amide bonds. The van der Waals surface area contributed by atoms with Gasteiger partial charge in [0, 0.05) is 21.2 Å². The van der Waals surface area contributed by atoms with Gasteiger partial charge in [-0.2, -0.15) is 5.10 Å². The van der Waals surface area contributed by atoms with Crippen LogP contribution >= 0.6 is 23.2 Å². The summed E-state index contributed by atoms with van der Waals surface area (Å²) in [6.07, 6.45) is 1.50. The highest BCUT2D eigenvalue weighted by molar-refractivity contribution is 6.35. The van der Waals surface area contributed by atoms with Crippen LogP contribution in [0, 0.1) is 6.92 Å². The van der Waals surface area contributed by atoms with Crippen LogP contribution in [0.4, 0.5) is 0 Å². The van der Waals surface area contributed by atoms with E-state index in [9.17, 15) is 9.59 Å². The molecule has 0 bridgehead atoms. The van der Waals surface area contributed by atoms with E-state index in [-0.39, 0.29) is 12.5 Å². The van der Waals surface area contributed by atoms with E-state index in [1.165, 1.54) is 6.21 Å². The van der Waals surface area contributed by atoms with Crippen LogP contribution in [0.25, 0.3) is 0 Å². The van der Waals surface area contributed by atoms with Crippen molar-refractivity contribution in [1.82, 2.24) is 5.43 Å². The van der Waals surface area contributed by atoms with E-state index in [2.05, 4.69) is 10.5 Å². The van der Waals surface area contributed by atoms with Gasteiger partial charge in [0.2, 0.25) is 0 Å². The molecule has 0 aliphatic rings. The zero-order chi connectivity index (χ0) is 26.2. The summed E-state index contributed by atoms with van der Waals surface area (Å²) in [4.78, 5) is 24.7. The number of rotatable bonds is 8. The second kappa shape index (κ2) is 12.2. The molecule has 37 heavy (non-hydrogen) atoms. The van der Waals surface area contributed by atoms with Crippen molar-refractivity contribution in [2.75, 3.05) is 0 Å². The third-order valence-electron chi connectivity index (χ3n) is 5.36. The summed E-state index contributed by atoms with van der Waals surface area (Å²) in [5.74, 6) is 0.216. The van der Waals surface area contributed by atoms with Gasteiger partial charge in [-0.05, 0) is 84.8 Å². The van der Waals surface area contributed by atoms with Crippen LogP contribution in [0.3, 0.4) is 0 Å². The molecule has 8 heteroatoms. The lowest BCUT2D eigenvalue weighted by Crippen LogP contribution is -2.17. The van der Waals surface area contributed by atoms with E-state index in [1.807, 2.05) is 19.1 Å². The Morgan fingerprint density at radius 1 is 0.892 bits per heavy atom. The molecule has 4 aromatic carbocycles. The third kappa shape index (κ3) is 7.19. The van der Waals surface area contributed by atoms with Crippen LogP contribution in [-0.4, -0.2) is 18.1 Å². The van der Waals surface area contributed by atoms with Crippen molar-refractivity contribution in [3.63, 3.8) is 0 Å². The topological polar surface area (TPSA) is 77.0 Å². The van der Waals surface area contributed by atoms with Gasteiger partial charge in [-0.25, -0.2) is 10.2 Å². The number of benzene rings is 4. The highest BCUT2D eigenvalue weighted by Gasteiger charge is 2.11. The Morgan fingerprint density at radius 2 is 1.59 bits per heavy atom. The molecule has 0 aromatic heterocycles. The number of hydrogen-bond donors (Lipinski definition) is 1. The number of ether oxygens (including phenoxy) is 2. The van der Waals surface area contributed by atoms with Gasteiger partial charge in [-0.1, -0.05) is 47.5 Å². The van der Waals surface area contributed by atoms with Gasteiger partial charge in [0.05, 0.1) is 11.8 Å². The minimum atomic E-state index is -0.419. The number of hydrogen-bond acceptors (Lipinski definition) is 5. The first-order valence-electron chi connectivity index (χ1n) is 11.3. The number of halogens is 2. The number of hydrazone groups is 1. The number of carbonyl (C=O) groups is 2. The smallest absolute Gasteiger partial charge is 0.343 e. The average Bonchev–Trinajstić information content (AvgIpc) is 2.89. The maximum absolute atomic E-state index is 12.4. The zero-order valence-electron chi connectivity index (χ0n) is 19.8. The Bertz CT molecular complexity index is 1440. The summed E-state index contributed by atoms with van der Waals surface area (Å²) in [7, 11) is 0. The monoisotopic (exact) mass is 532 g/mol. The molecule has 0 saturated heterocycles. The van der Waals surface area contributed by atoms with Gasteiger partial charge < -0.3 is 9.47 Å². The van der Waals surface area contributed by atoms with E-state index in [0.29, 0.717) is 32.7 Å². The highest BCUT2D eigenvalue weighted by Crippen LogP contribution is 2.23. The van der Waals surface area contributed by atoms with E-state index < -0.39 is 5.97 Å². The number of carbonyl (C=O) groups excluding carboxylic acids is 2. The molecule has 0 radical (unpaired) electrons. The second-order valence-corrected chi connectivity index (χ2v) is 8.87. The van der Waals surface area contributed by atoms with Gasteiger partial charge in [0.25, 0.3) is 5.91 Å². The Kier molecular flexibility index (Phi) is 8.56. The minimum Gasteiger partial charge on any atom is -0.489 e. The number of esters is 1. The summed E-state index contributed by atoms with van der Waals surface area (Å²) in [6.45, 7) is 2.13. The lowest BCUT2D eigenvalue weighted by atomic mass is 10.1. The van der Waals surface area contributed by atoms with Gasteiger partial charge >= 0.3 is 5.97 Å². The Morgan fingerprint density at radius 3 is 2.30 bits per heavy atom. The second-order valence-electron chi connectivity index (χ2n) is 8.02. The van der Waals surface area contributed by atoms with Crippen LogP contribution in [-0.2, 0) is 6.61 Å². The quantitative estimate of drug-likeness (QED) is 0.116. The lowest BCUT2D eigenvalue weighted by molar-refractivity contribution is 0.0733. The van der Waals surface area contributed by atoms with Crippen molar-refractivity contribution < 1.29 is 19.1 Å². The molecule has 0 fully saturated rings. The molecule has 0 spiro atoms. The standard InChI is InChI=1S/C29H22Cl2N2O4/c1-19-4-2-3-5-26(19)29(35)37-25-12-6-20(7-13-25)17-32-33-28(34)21-9-14-24(15-10-21)36-18-22-8-11-23(30)16-27(22)31/h2-17H,18H2,1H3,(H,33,34)/b32-17+. The van der Waals surface area contributed by atoms with Crippen molar-refractivity contribution in [3.05, 3.63) is 129 Å². The molecule has 0 aliphatic carbocycles. The van der Waals surface area contributed by atoms with Crippen LogP contribution < -0.4 is 14.9 Å². The van der Waals surface area contributed by atoms with Crippen LogP contribution in [0.5, 0.6) is 11.5 Å². The largest absolute Gasteiger partial charge is 0.489 e. The van der Waals surface area contributed by atoms with Gasteiger partial charge in [-0.3, -0.25) is 4.79 Å². The highest BCUT2D eigenvalue weighted by atomic mass is 35.5. The minimum absolute atomic E-state index is 0.274. The first-order valence-corrected chi connectivity index (χ1v) is 12.0. The third-order valence-corrected chi connectivity index (χ3v) is 5.95. The summed E-state index contributed by atoms with van der Waals surface area (Å²) in [5.41, 5.74) is 5.80. The Hall–Kier alpha value is -4.13. The molecule has 0 aliphatic heterocycles. The number of nitrogens with zero attached hydrogens (tertiary/aromatic N) is 1. The first kappa shape index (κ1) is 25.9. The van der Waals surface area contributed by atoms with Crippen molar-refractivity contribution in [3.8, 4) is 11.5 Å². The zero-order valence-corrected chi connectivity index (χ0v) is 21.3. The molecule has 0 saturated carbocycles. The first-order chi connectivity index (χ1) is 17.9. The Labute approximate surface area is 224 Å². The van der Waals surface area contributed by atoms with E-state index >= 15 is 0 Å². The maximum atomic E-state index is 12.4. The van der Waals surface area contributed by atoms with Crippen molar-refractivity contribution in [1.29, 1.82) is 0 Å². The molecular weight excluding hydrogens is 511 g/mol. The molecule has 186 valence electrons. The molecule has 4 aromatic rings. The SMILES string of the molecule is Cc1ccccc1C(=O)Oc1ccc(/C=N/NC(=O)c2ccc(OCc3ccc(Cl)cc3Cl)cc2)cc1. The molecular formula is C29H22Cl2N2O4. The normalized spacial score (nSPS) is 10.8. The van der Waals surface area contributed by atoms with E-state index in [0.717, 1.165) is 16.7 Å². The van der Waals surface area contributed by atoms with Crippen molar-refractivity contribution in [2.24, 2.45) is 5.10 Å². The predicted octanol–water partition coefficient (Wildman–Crippen LogP) is 6.86. The summed E-state index contributed by atoms with van der Waals surface area (Å²) >= 11 is 12.1. The van der Waals surface area contributed by atoms with E-state index in [1.54, 1.807) is 78.9 Å². The number of nitrogens with one attached hydrogen (secondary N) is 1. The van der Waals surface area contributed by atoms with Gasteiger partial charge in [-0.15, -0.1) is 0 Å². The number of aryl methyl sites for hydroxylation is 1. The molecule has 4 rings (SSSR count). The van der Waals surface area contributed by atoms with Gasteiger partial charge in [0.1, 0.15) is 18.1 Å². The molecule has 0 atom stereocenters. The summed E-state index contributed by atoms with van der Waals surface area (Å²) in [5, 5.41) is 5.08. The fourth-order valence-electron chi connectivity index (χ4n) is 3.32. The lowest BCUT2D eigenvalue weighted by Gasteiger charge is -2.08. The molecule has 1 N–H and O–H groups in total. The molecule has 0 heterocycles. The molecule has 0 unspecified atom stereocenters. The van der Waals surface area contributed by atoms with Crippen LogP contribution in [0.2, 0.25) is 10.0 Å². The predicted molar refractivity (Wildman–Crippen MR) is 145 cm³/mol. The fraction of sp³-hybridized carbons (Fsp3) is 0.0690. The van der Waals surface area contributed by atoms with Crippen LogP contribution in [0.15, 0.2) is 96.1 Å². The van der Waals surface area contributed by atoms with E-state index in [4.69, 9.17) is 32.7 Å². The van der Waals surface area contributed by atoms with Crippen molar-refractivity contribution >= 4 is 41.3 Å². The van der Waals surface area contributed by atoms with Crippen LogP contribution in [0.1, 0.15) is 37.4 Å². The maximum Gasteiger partial charge on any atom is 0.343 e. The van der Waals surface area contributed by atoms with Gasteiger partial charge in [0.15, 0.2) is 0 Å². The fourth-order valence-corrected chi connectivity index (χ4v) is 3.78. The Balaban J connectivity index is 1.27. The summed E-state index contributed by atoms with van der Waals surface area (Å²) < 4.78 is 11.2.